The lowest BCUT2D eigenvalue weighted by molar-refractivity contribution is 0.0383. The van der Waals surface area contributed by atoms with E-state index in [2.05, 4.69) is 25.5 Å². The quantitative estimate of drug-likeness (QED) is 0.818. The molecule has 7 nitrogen and oxygen atoms in total. The van der Waals surface area contributed by atoms with Gasteiger partial charge in [0, 0.05) is 32.4 Å². The third-order valence-corrected chi connectivity index (χ3v) is 4.16. The van der Waals surface area contributed by atoms with Crippen molar-refractivity contribution in [1.82, 2.24) is 20.2 Å². The van der Waals surface area contributed by atoms with Gasteiger partial charge in [-0.3, -0.25) is 9.69 Å². The molecule has 0 bridgehead atoms. The van der Waals surface area contributed by atoms with E-state index in [4.69, 9.17) is 16.3 Å². The Labute approximate surface area is 151 Å². The number of aromatic nitrogens is 2. The van der Waals surface area contributed by atoms with Crippen LogP contribution in [0.25, 0.3) is 0 Å². The molecular formula is C17H20ClN5O2. The molecule has 1 saturated heterocycles. The number of nitrogens with zero attached hydrogens (tertiary/aromatic N) is 3. The van der Waals surface area contributed by atoms with Crippen molar-refractivity contribution in [2.45, 2.75) is 0 Å². The fraction of sp³-hybridized carbons (Fsp3) is 0.353. The molecule has 0 spiro atoms. The first-order chi connectivity index (χ1) is 12.2. The van der Waals surface area contributed by atoms with Gasteiger partial charge in [-0.2, -0.15) is 0 Å². The van der Waals surface area contributed by atoms with Gasteiger partial charge in [-0.05, 0) is 18.2 Å². The summed E-state index contributed by atoms with van der Waals surface area (Å²) in [7, 11) is 0. The third-order valence-electron chi connectivity index (χ3n) is 3.83. The first kappa shape index (κ1) is 17.6. The summed E-state index contributed by atoms with van der Waals surface area (Å²) in [5, 5.41) is 6.46. The Hall–Kier alpha value is -2.22. The Balaban J connectivity index is 1.55. The molecular weight excluding hydrogens is 342 g/mol. The lowest BCUT2D eigenvalue weighted by Gasteiger charge is -2.26. The molecule has 1 amide bonds. The van der Waals surface area contributed by atoms with Gasteiger partial charge in [0.05, 0.1) is 23.9 Å². The van der Waals surface area contributed by atoms with E-state index in [1.807, 2.05) is 18.2 Å². The lowest BCUT2D eigenvalue weighted by atomic mass is 10.3. The van der Waals surface area contributed by atoms with E-state index in [1.165, 1.54) is 0 Å². The average Bonchev–Trinajstić information content (AvgIpc) is 2.65. The van der Waals surface area contributed by atoms with Crippen LogP contribution in [0.15, 0.2) is 36.5 Å². The van der Waals surface area contributed by atoms with Crippen LogP contribution in [0.3, 0.4) is 0 Å². The highest BCUT2D eigenvalue weighted by Crippen LogP contribution is 2.22. The highest BCUT2D eigenvalue weighted by Gasteiger charge is 2.12. The number of ether oxygens (including phenoxy) is 1. The average molecular weight is 362 g/mol. The van der Waals surface area contributed by atoms with Crippen molar-refractivity contribution in [3.05, 3.63) is 47.2 Å². The minimum absolute atomic E-state index is 0.224. The number of rotatable bonds is 6. The standard InChI is InChI=1S/C17H20ClN5O2/c18-13-3-1-2-4-14(13)21-17-20-6-5-15(22-17)16(24)19-7-8-23-9-11-25-12-10-23/h1-6H,7-12H2,(H,19,24)(H,20,21,22). The van der Waals surface area contributed by atoms with Gasteiger partial charge < -0.3 is 15.4 Å². The molecule has 2 N–H and O–H groups in total. The Morgan fingerprint density at radius 1 is 1.24 bits per heavy atom. The van der Waals surface area contributed by atoms with Crippen LogP contribution in [-0.2, 0) is 4.74 Å². The zero-order valence-electron chi connectivity index (χ0n) is 13.7. The number of amides is 1. The second kappa shape index (κ2) is 8.75. The van der Waals surface area contributed by atoms with Gasteiger partial charge in [0.1, 0.15) is 5.69 Å². The van der Waals surface area contributed by atoms with Crippen LogP contribution in [0.1, 0.15) is 10.5 Å². The Morgan fingerprint density at radius 2 is 2.04 bits per heavy atom. The second-order valence-electron chi connectivity index (χ2n) is 5.58. The molecule has 0 aliphatic carbocycles. The van der Waals surface area contributed by atoms with E-state index in [9.17, 15) is 4.79 Å². The number of halogens is 1. The van der Waals surface area contributed by atoms with Crippen molar-refractivity contribution >= 4 is 29.1 Å². The SMILES string of the molecule is O=C(NCCN1CCOCC1)c1ccnc(Nc2ccccc2Cl)n1. The third kappa shape index (κ3) is 5.12. The van der Waals surface area contributed by atoms with Crippen LogP contribution >= 0.6 is 11.6 Å². The molecule has 1 aromatic heterocycles. The first-order valence-electron chi connectivity index (χ1n) is 8.15. The summed E-state index contributed by atoms with van der Waals surface area (Å²) in [6, 6.07) is 8.87. The summed E-state index contributed by atoms with van der Waals surface area (Å²) < 4.78 is 5.30. The van der Waals surface area contributed by atoms with Gasteiger partial charge in [0.25, 0.3) is 5.91 Å². The summed E-state index contributed by atoms with van der Waals surface area (Å²) in [4.78, 5) is 22.9. The van der Waals surface area contributed by atoms with Crippen LogP contribution in [0.2, 0.25) is 5.02 Å². The zero-order valence-corrected chi connectivity index (χ0v) is 14.5. The lowest BCUT2D eigenvalue weighted by Crippen LogP contribution is -2.41. The van der Waals surface area contributed by atoms with Crippen LogP contribution in [-0.4, -0.2) is 60.2 Å². The predicted octanol–water partition coefficient (Wildman–Crippen LogP) is 1.94. The number of carbonyl (C=O) groups is 1. The zero-order chi connectivity index (χ0) is 17.5. The number of hydrogen-bond acceptors (Lipinski definition) is 6. The fourth-order valence-electron chi connectivity index (χ4n) is 2.47. The van der Waals surface area contributed by atoms with Gasteiger partial charge >= 0.3 is 0 Å². The van der Waals surface area contributed by atoms with Crippen molar-refractivity contribution in [3.8, 4) is 0 Å². The molecule has 2 heterocycles. The molecule has 3 rings (SSSR count). The highest BCUT2D eigenvalue weighted by molar-refractivity contribution is 6.33. The molecule has 25 heavy (non-hydrogen) atoms. The molecule has 2 aromatic rings. The van der Waals surface area contributed by atoms with Crippen molar-refractivity contribution < 1.29 is 9.53 Å². The smallest absolute Gasteiger partial charge is 0.270 e. The number of morpholine rings is 1. The van der Waals surface area contributed by atoms with Crippen LogP contribution in [0, 0.1) is 0 Å². The minimum Gasteiger partial charge on any atom is -0.379 e. The molecule has 0 unspecified atom stereocenters. The Morgan fingerprint density at radius 3 is 2.84 bits per heavy atom. The number of benzene rings is 1. The maximum atomic E-state index is 12.3. The predicted molar refractivity (Wildman–Crippen MR) is 96.4 cm³/mol. The van der Waals surface area contributed by atoms with E-state index in [0.717, 1.165) is 32.8 Å². The first-order valence-corrected chi connectivity index (χ1v) is 8.53. The van der Waals surface area contributed by atoms with E-state index in [0.29, 0.717) is 28.9 Å². The summed E-state index contributed by atoms with van der Waals surface area (Å²) in [5.74, 6) is 0.104. The van der Waals surface area contributed by atoms with Crippen LogP contribution < -0.4 is 10.6 Å². The maximum Gasteiger partial charge on any atom is 0.270 e. The monoisotopic (exact) mass is 361 g/mol. The molecule has 0 atom stereocenters. The number of carbonyl (C=O) groups excluding carboxylic acids is 1. The highest BCUT2D eigenvalue weighted by atomic mass is 35.5. The molecule has 132 valence electrons. The van der Waals surface area contributed by atoms with E-state index >= 15 is 0 Å². The van der Waals surface area contributed by atoms with E-state index < -0.39 is 0 Å². The van der Waals surface area contributed by atoms with Crippen LogP contribution in [0.5, 0.6) is 0 Å². The summed E-state index contributed by atoms with van der Waals surface area (Å²) in [5.41, 5.74) is 1.00. The molecule has 0 saturated carbocycles. The van der Waals surface area contributed by atoms with Gasteiger partial charge in [-0.25, -0.2) is 9.97 Å². The maximum absolute atomic E-state index is 12.3. The van der Waals surface area contributed by atoms with Gasteiger partial charge in [0.2, 0.25) is 5.95 Å². The van der Waals surface area contributed by atoms with E-state index in [1.54, 1.807) is 18.3 Å². The summed E-state index contributed by atoms with van der Waals surface area (Å²) in [6.07, 6.45) is 1.54. The normalized spacial score (nSPS) is 14.9. The van der Waals surface area contributed by atoms with Crippen molar-refractivity contribution in [2.24, 2.45) is 0 Å². The largest absolute Gasteiger partial charge is 0.379 e. The number of hydrogen-bond donors (Lipinski definition) is 2. The fourth-order valence-corrected chi connectivity index (χ4v) is 2.65. The number of para-hydroxylation sites is 1. The van der Waals surface area contributed by atoms with Gasteiger partial charge in [-0.15, -0.1) is 0 Å². The number of anilines is 2. The summed E-state index contributed by atoms with van der Waals surface area (Å²) in [6.45, 7) is 4.65. The topological polar surface area (TPSA) is 79.4 Å². The molecule has 1 aliphatic rings. The van der Waals surface area contributed by atoms with E-state index in [-0.39, 0.29) is 5.91 Å². The van der Waals surface area contributed by atoms with Gasteiger partial charge in [-0.1, -0.05) is 23.7 Å². The Kier molecular flexibility index (Phi) is 6.16. The van der Waals surface area contributed by atoms with Gasteiger partial charge in [0.15, 0.2) is 0 Å². The Bertz CT molecular complexity index is 722. The second-order valence-corrected chi connectivity index (χ2v) is 5.99. The molecule has 1 fully saturated rings. The molecule has 8 heteroatoms. The van der Waals surface area contributed by atoms with Crippen LogP contribution in [0.4, 0.5) is 11.6 Å². The number of nitrogens with one attached hydrogen (secondary N) is 2. The molecule has 1 aliphatic heterocycles. The van der Waals surface area contributed by atoms with Crippen molar-refractivity contribution in [1.29, 1.82) is 0 Å². The summed E-state index contributed by atoms with van der Waals surface area (Å²) >= 11 is 6.11. The minimum atomic E-state index is -0.224. The van der Waals surface area contributed by atoms with Crippen molar-refractivity contribution in [2.75, 3.05) is 44.7 Å². The molecule has 0 radical (unpaired) electrons. The molecule has 1 aromatic carbocycles. The van der Waals surface area contributed by atoms with Crippen molar-refractivity contribution in [3.63, 3.8) is 0 Å².